The second-order valence-electron chi connectivity index (χ2n) is 3.75. The van der Waals surface area contributed by atoms with Crippen molar-refractivity contribution in [2.24, 2.45) is 0 Å². The number of likely N-dealkylation sites (N-methyl/N-ethyl adjacent to an activating group) is 1. The Balaban J connectivity index is 2.24. The van der Waals surface area contributed by atoms with Crippen LogP contribution in [-0.2, 0) is 9.53 Å². The van der Waals surface area contributed by atoms with Crippen LogP contribution in [0.4, 0.5) is 0 Å². The maximum absolute atomic E-state index is 11.5. The molecule has 0 N–H and O–H groups in total. The summed E-state index contributed by atoms with van der Waals surface area (Å²) in [6.45, 7) is 3.56. The molecule has 0 aliphatic rings. The van der Waals surface area contributed by atoms with Gasteiger partial charge < -0.3 is 14.4 Å². The molecule has 0 heterocycles. The first-order chi connectivity index (χ1) is 8.63. The van der Waals surface area contributed by atoms with E-state index in [1.54, 1.807) is 11.9 Å². The Hall–Kier alpha value is -1.07. The highest BCUT2D eigenvalue weighted by molar-refractivity contribution is 9.10. The average molecular weight is 316 g/mol. The summed E-state index contributed by atoms with van der Waals surface area (Å²) in [4.78, 5) is 13.1. The van der Waals surface area contributed by atoms with Crippen LogP contribution in [0.3, 0.4) is 0 Å². The minimum Gasteiger partial charge on any atom is -0.492 e. The van der Waals surface area contributed by atoms with Crippen molar-refractivity contribution in [3.8, 4) is 5.75 Å². The summed E-state index contributed by atoms with van der Waals surface area (Å²) < 4.78 is 11.6. The number of rotatable bonds is 7. The van der Waals surface area contributed by atoms with Crippen LogP contribution in [-0.4, -0.2) is 44.2 Å². The maximum atomic E-state index is 11.5. The number of carbonyl (C=O) groups is 1. The maximum Gasteiger partial charge on any atom is 0.248 e. The quantitative estimate of drug-likeness (QED) is 0.775. The Labute approximate surface area is 116 Å². The number of ether oxygens (including phenoxy) is 2. The summed E-state index contributed by atoms with van der Waals surface area (Å²) in [5, 5.41) is 0. The third-order valence-corrected chi connectivity index (χ3v) is 2.89. The predicted octanol–water partition coefficient (Wildman–Crippen LogP) is 2.32. The van der Waals surface area contributed by atoms with E-state index in [-0.39, 0.29) is 12.5 Å². The van der Waals surface area contributed by atoms with Gasteiger partial charge in [0, 0.05) is 18.1 Å². The van der Waals surface area contributed by atoms with E-state index in [9.17, 15) is 4.79 Å². The molecule has 5 heteroatoms. The molecule has 18 heavy (non-hydrogen) atoms. The van der Waals surface area contributed by atoms with Crippen molar-refractivity contribution in [2.75, 3.05) is 33.4 Å². The zero-order chi connectivity index (χ0) is 13.4. The Morgan fingerprint density at radius 3 is 2.61 bits per heavy atom. The second-order valence-corrected chi connectivity index (χ2v) is 4.67. The molecule has 4 nitrogen and oxygen atoms in total. The lowest BCUT2D eigenvalue weighted by Crippen LogP contribution is -2.33. The molecule has 0 aliphatic heterocycles. The molecule has 0 aliphatic carbocycles. The van der Waals surface area contributed by atoms with Crippen molar-refractivity contribution in [1.82, 2.24) is 4.90 Å². The third-order valence-electron chi connectivity index (χ3n) is 2.36. The molecule has 0 aromatic heterocycles. The van der Waals surface area contributed by atoms with Crippen LogP contribution in [0.5, 0.6) is 5.75 Å². The van der Waals surface area contributed by atoms with Crippen molar-refractivity contribution in [1.29, 1.82) is 0 Å². The van der Waals surface area contributed by atoms with Gasteiger partial charge in [0.1, 0.15) is 19.0 Å². The highest BCUT2D eigenvalue weighted by Crippen LogP contribution is 2.15. The van der Waals surface area contributed by atoms with E-state index in [1.165, 1.54) is 0 Å². The highest BCUT2D eigenvalue weighted by atomic mass is 79.9. The monoisotopic (exact) mass is 315 g/mol. The zero-order valence-electron chi connectivity index (χ0n) is 10.7. The summed E-state index contributed by atoms with van der Waals surface area (Å²) >= 11 is 3.36. The summed E-state index contributed by atoms with van der Waals surface area (Å²) in [6, 6.07) is 7.59. The number of halogens is 1. The summed E-state index contributed by atoms with van der Waals surface area (Å²) in [5.74, 6) is 0.764. The summed E-state index contributed by atoms with van der Waals surface area (Å²) in [5.41, 5.74) is 0. The number of carbonyl (C=O) groups excluding carboxylic acids is 1. The molecular weight excluding hydrogens is 298 g/mol. The van der Waals surface area contributed by atoms with Gasteiger partial charge in [0.25, 0.3) is 0 Å². The number of benzene rings is 1. The molecule has 100 valence electrons. The fourth-order valence-corrected chi connectivity index (χ4v) is 1.52. The smallest absolute Gasteiger partial charge is 0.248 e. The summed E-state index contributed by atoms with van der Waals surface area (Å²) in [6.07, 6.45) is 0. The molecule has 0 fully saturated rings. The van der Waals surface area contributed by atoms with Gasteiger partial charge in [0.05, 0.1) is 6.54 Å². The third kappa shape index (κ3) is 5.51. The first-order valence-electron chi connectivity index (χ1n) is 5.83. The van der Waals surface area contributed by atoms with Crippen molar-refractivity contribution in [3.63, 3.8) is 0 Å². The van der Waals surface area contributed by atoms with Crippen molar-refractivity contribution >= 4 is 21.8 Å². The average Bonchev–Trinajstić information content (AvgIpc) is 2.38. The SMILES string of the molecule is CCOCC(=O)N(C)CCOc1ccc(Br)cc1. The first kappa shape index (κ1) is 15.0. The van der Waals surface area contributed by atoms with Crippen molar-refractivity contribution in [3.05, 3.63) is 28.7 Å². The molecule has 1 amide bonds. The Morgan fingerprint density at radius 1 is 1.33 bits per heavy atom. The molecule has 0 saturated heterocycles. The molecule has 0 saturated carbocycles. The molecular formula is C13H18BrNO3. The standard InChI is InChI=1S/C13H18BrNO3/c1-3-17-10-13(16)15(2)8-9-18-12-6-4-11(14)5-7-12/h4-7H,3,8-10H2,1-2H3. The minimum absolute atomic E-state index is 0.0312. The molecule has 1 aromatic rings. The lowest BCUT2D eigenvalue weighted by molar-refractivity contribution is -0.134. The molecule has 0 radical (unpaired) electrons. The van der Waals surface area contributed by atoms with Crippen LogP contribution in [0, 0.1) is 0 Å². The zero-order valence-corrected chi connectivity index (χ0v) is 12.3. The van der Waals surface area contributed by atoms with E-state index in [0.29, 0.717) is 19.8 Å². The normalized spacial score (nSPS) is 10.2. The molecule has 1 rings (SSSR count). The number of amides is 1. The van der Waals surface area contributed by atoms with Gasteiger partial charge >= 0.3 is 0 Å². The topological polar surface area (TPSA) is 38.8 Å². The Morgan fingerprint density at radius 2 is 2.00 bits per heavy atom. The molecule has 1 aromatic carbocycles. The Bertz CT molecular complexity index is 367. The van der Waals surface area contributed by atoms with Crippen molar-refractivity contribution in [2.45, 2.75) is 6.92 Å². The number of hydrogen-bond donors (Lipinski definition) is 0. The van der Waals surface area contributed by atoms with Gasteiger partial charge in [-0.15, -0.1) is 0 Å². The Kier molecular flexibility index (Phi) is 6.75. The largest absolute Gasteiger partial charge is 0.492 e. The van der Waals surface area contributed by atoms with Gasteiger partial charge in [-0.2, -0.15) is 0 Å². The highest BCUT2D eigenvalue weighted by Gasteiger charge is 2.07. The van der Waals surface area contributed by atoms with E-state index >= 15 is 0 Å². The lowest BCUT2D eigenvalue weighted by atomic mass is 10.3. The van der Waals surface area contributed by atoms with Crippen LogP contribution in [0.1, 0.15) is 6.92 Å². The fourth-order valence-electron chi connectivity index (χ4n) is 1.26. The van der Waals surface area contributed by atoms with Gasteiger partial charge in [0.15, 0.2) is 0 Å². The van der Waals surface area contributed by atoms with E-state index in [2.05, 4.69) is 15.9 Å². The van der Waals surface area contributed by atoms with Crippen LogP contribution >= 0.6 is 15.9 Å². The van der Waals surface area contributed by atoms with E-state index in [4.69, 9.17) is 9.47 Å². The number of hydrogen-bond acceptors (Lipinski definition) is 3. The minimum atomic E-state index is -0.0312. The van der Waals surface area contributed by atoms with Crippen molar-refractivity contribution < 1.29 is 14.3 Å². The van der Waals surface area contributed by atoms with Gasteiger partial charge in [-0.25, -0.2) is 0 Å². The van der Waals surface area contributed by atoms with E-state index in [0.717, 1.165) is 10.2 Å². The molecule has 0 bridgehead atoms. The van der Waals surface area contributed by atoms with Gasteiger partial charge in [0.2, 0.25) is 5.91 Å². The molecule has 0 atom stereocenters. The van der Waals surface area contributed by atoms with E-state index in [1.807, 2.05) is 31.2 Å². The first-order valence-corrected chi connectivity index (χ1v) is 6.63. The fraction of sp³-hybridized carbons (Fsp3) is 0.462. The number of nitrogens with zero attached hydrogens (tertiary/aromatic N) is 1. The van der Waals surface area contributed by atoms with Crippen LogP contribution < -0.4 is 4.74 Å². The summed E-state index contributed by atoms with van der Waals surface area (Å²) in [7, 11) is 1.74. The van der Waals surface area contributed by atoms with Crippen LogP contribution in [0.25, 0.3) is 0 Å². The lowest BCUT2D eigenvalue weighted by Gasteiger charge is -2.17. The molecule has 0 spiro atoms. The molecule has 0 unspecified atom stereocenters. The van der Waals surface area contributed by atoms with Crippen LogP contribution in [0.15, 0.2) is 28.7 Å². The van der Waals surface area contributed by atoms with Gasteiger partial charge in [-0.05, 0) is 31.2 Å². The van der Waals surface area contributed by atoms with E-state index < -0.39 is 0 Å². The second kappa shape index (κ2) is 8.11. The van der Waals surface area contributed by atoms with Gasteiger partial charge in [-0.3, -0.25) is 4.79 Å². The van der Waals surface area contributed by atoms with Gasteiger partial charge in [-0.1, -0.05) is 15.9 Å². The predicted molar refractivity (Wildman–Crippen MR) is 73.8 cm³/mol. The van der Waals surface area contributed by atoms with Crippen LogP contribution in [0.2, 0.25) is 0 Å².